The summed E-state index contributed by atoms with van der Waals surface area (Å²) in [5.41, 5.74) is 0.0709. The summed E-state index contributed by atoms with van der Waals surface area (Å²) >= 11 is 0. The van der Waals surface area contributed by atoms with E-state index in [1.54, 1.807) is 0 Å². The third-order valence-corrected chi connectivity index (χ3v) is 5.29. The van der Waals surface area contributed by atoms with Gasteiger partial charge in [-0.3, -0.25) is 4.79 Å². The average Bonchev–Trinajstić information content (AvgIpc) is 2.81. The van der Waals surface area contributed by atoms with Crippen molar-refractivity contribution in [1.82, 2.24) is 0 Å². The van der Waals surface area contributed by atoms with Crippen LogP contribution in [0.1, 0.15) is 65.3 Å². The second-order valence-electron chi connectivity index (χ2n) is 7.78. The number of esters is 1. The first-order valence-corrected chi connectivity index (χ1v) is 9.35. The zero-order valence-corrected chi connectivity index (χ0v) is 16.8. The second-order valence-corrected chi connectivity index (χ2v) is 7.78. The van der Waals surface area contributed by atoms with Gasteiger partial charge < -0.3 is 18.8 Å². The number of carbonyl (C=O) groups is 1. The molecule has 0 radical (unpaired) electrons. The average molecular weight is 362 g/mol. The molecular weight excluding hydrogens is 331 g/mol. The molecule has 0 aliphatic carbocycles. The van der Waals surface area contributed by atoms with E-state index in [1.165, 1.54) is 7.11 Å². The number of methoxy groups -OCH3 is 1. The Balaban J connectivity index is 2.19. The number of unbranched alkanes of at least 4 members (excludes halogenated alkanes) is 1. The number of ether oxygens (including phenoxy) is 2. The number of benzene rings is 1. The Kier molecular flexibility index (Phi) is 6.75. The Bertz CT molecular complexity index is 581. The van der Waals surface area contributed by atoms with Crippen molar-refractivity contribution < 1.29 is 23.6 Å². The molecule has 1 heterocycles. The SMILES string of the molecule is CCCCOc1ccc(C(CC(=O)OC)B2OC(C)(C)C(C)(C)O2)cc1. The first-order valence-electron chi connectivity index (χ1n) is 9.35. The molecule has 1 unspecified atom stereocenters. The first kappa shape index (κ1) is 20.8. The normalized spacial score (nSPS) is 19.2. The maximum atomic E-state index is 12.0. The van der Waals surface area contributed by atoms with E-state index >= 15 is 0 Å². The van der Waals surface area contributed by atoms with E-state index in [0.717, 1.165) is 24.2 Å². The molecule has 0 aromatic heterocycles. The highest BCUT2D eigenvalue weighted by molar-refractivity contribution is 6.48. The Hall–Kier alpha value is -1.53. The smallest absolute Gasteiger partial charge is 0.466 e. The van der Waals surface area contributed by atoms with Crippen molar-refractivity contribution in [2.75, 3.05) is 13.7 Å². The van der Waals surface area contributed by atoms with Crippen LogP contribution >= 0.6 is 0 Å². The molecule has 5 nitrogen and oxygen atoms in total. The Labute approximate surface area is 157 Å². The summed E-state index contributed by atoms with van der Waals surface area (Å²) in [6.07, 6.45) is 2.32. The van der Waals surface area contributed by atoms with Gasteiger partial charge in [-0.15, -0.1) is 0 Å². The number of hydrogen-bond donors (Lipinski definition) is 0. The van der Waals surface area contributed by atoms with Crippen molar-refractivity contribution in [3.63, 3.8) is 0 Å². The molecule has 1 aliphatic heterocycles. The lowest BCUT2D eigenvalue weighted by atomic mass is 9.66. The predicted octanol–water partition coefficient (Wildman–Crippen LogP) is 4.14. The van der Waals surface area contributed by atoms with Gasteiger partial charge in [-0.1, -0.05) is 25.5 Å². The molecule has 26 heavy (non-hydrogen) atoms. The topological polar surface area (TPSA) is 54.0 Å². The number of rotatable bonds is 8. The van der Waals surface area contributed by atoms with Gasteiger partial charge in [-0.05, 0) is 51.8 Å². The minimum atomic E-state index is -0.508. The van der Waals surface area contributed by atoms with Crippen LogP contribution in [0.25, 0.3) is 0 Å². The Morgan fingerprint density at radius 3 is 2.19 bits per heavy atom. The Morgan fingerprint density at radius 1 is 1.12 bits per heavy atom. The standard InChI is InChI=1S/C20H31BO5/c1-7-8-13-24-16-11-9-15(10-12-16)17(14-18(22)23-6)21-25-19(2,3)20(4,5)26-21/h9-12,17H,7-8,13-14H2,1-6H3. The van der Waals surface area contributed by atoms with Gasteiger partial charge in [0.2, 0.25) is 0 Å². The van der Waals surface area contributed by atoms with E-state index in [1.807, 2.05) is 52.0 Å². The van der Waals surface area contributed by atoms with Crippen LogP contribution in [0.15, 0.2) is 24.3 Å². The lowest BCUT2D eigenvalue weighted by Gasteiger charge is -2.32. The van der Waals surface area contributed by atoms with Gasteiger partial charge in [0.25, 0.3) is 0 Å². The van der Waals surface area contributed by atoms with Gasteiger partial charge in [0.15, 0.2) is 0 Å². The molecule has 6 heteroatoms. The third-order valence-electron chi connectivity index (χ3n) is 5.29. The van der Waals surface area contributed by atoms with Crippen LogP contribution in [-0.4, -0.2) is 38.0 Å². The minimum Gasteiger partial charge on any atom is -0.494 e. The maximum Gasteiger partial charge on any atom is 0.466 e. The number of hydrogen-bond acceptors (Lipinski definition) is 5. The zero-order chi connectivity index (χ0) is 19.4. The lowest BCUT2D eigenvalue weighted by Crippen LogP contribution is -2.41. The van der Waals surface area contributed by atoms with Gasteiger partial charge in [-0.25, -0.2) is 0 Å². The largest absolute Gasteiger partial charge is 0.494 e. The molecule has 0 amide bonds. The molecule has 1 aromatic carbocycles. The summed E-state index contributed by atoms with van der Waals surface area (Å²) in [6.45, 7) is 10.9. The molecule has 1 aliphatic rings. The van der Waals surface area contributed by atoms with Gasteiger partial charge >= 0.3 is 13.1 Å². The van der Waals surface area contributed by atoms with Gasteiger partial charge in [0.1, 0.15) is 5.75 Å². The van der Waals surface area contributed by atoms with Crippen LogP contribution in [0.4, 0.5) is 0 Å². The van der Waals surface area contributed by atoms with Gasteiger partial charge in [0, 0.05) is 5.82 Å². The van der Waals surface area contributed by atoms with Crippen molar-refractivity contribution in [3.05, 3.63) is 29.8 Å². The molecule has 1 atom stereocenters. The fourth-order valence-electron chi connectivity index (χ4n) is 2.83. The van der Waals surface area contributed by atoms with Crippen LogP contribution in [0, 0.1) is 0 Å². The van der Waals surface area contributed by atoms with E-state index in [4.69, 9.17) is 18.8 Å². The van der Waals surface area contributed by atoms with E-state index in [9.17, 15) is 4.79 Å². The van der Waals surface area contributed by atoms with Crippen LogP contribution in [0.5, 0.6) is 5.75 Å². The molecule has 2 rings (SSSR count). The Morgan fingerprint density at radius 2 is 1.69 bits per heavy atom. The maximum absolute atomic E-state index is 12.0. The molecule has 0 N–H and O–H groups in total. The fraction of sp³-hybridized carbons (Fsp3) is 0.650. The molecule has 1 fully saturated rings. The summed E-state index contributed by atoms with van der Waals surface area (Å²) in [7, 11) is 0.889. The summed E-state index contributed by atoms with van der Waals surface area (Å²) in [5, 5.41) is 0. The molecule has 0 spiro atoms. The predicted molar refractivity (Wildman–Crippen MR) is 102 cm³/mol. The highest BCUT2D eigenvalue weighted by atomic mass is 16.7. The van der Waals surface area contributed by atoms with Crippen LogP contribution in [0.3, 0.4) is 0 Å². The van der Waals surface area contributed by atoms with Crippen LogP contribution in [0.2, 0.25) is 0 Å². The first-order chi connectivity index (χ1) is 12.2. The van der Waals surface area contributed by atoms with Crippen molar-refractivity contribution >= 4 is 13.1 Å². The molecule has 0 saturated carbocycles. The van der Waals surface area contributed by atoms with Crippen molar-refractivity contribution in [3.8, 4) is 5.75 Å². The van der Waals surface area contributed by atoms with Crippen molar-refractivity contribution in [2.45, 2.75) is 70.9 Å². The summed E-state index contributed by atoms with van der Waals surface area (Å²) in [5.74, 6) is 0.300. The monoisotopic (exact) mass is 362 g/mol. The van der Waals surface area contributed by atoms with Gasteiger partial charge in [0.05, 0.1) is 31.3 Å². The highest BCUT2D eigenvalue weighted by Crippen LogP contribution is 2.42. The summed E-state index contributed by atoms with van der Waals surface area (Å²) in [4.78, 5) is 12.0. The van der Waals surface area contributed by atoms with E-state index in [0.29, 0.717) is 6.61 Å². The lowest BCUT2D eigenvalue weighted by molar-refractivity contribution is -0.140. The quantitative estimate of drug-likeness (QED) is 0.395. The van der Waals surface area contributed by atoms with E-state index in [-0.39, 0.29) is 18.2 Å². The van der Waals surface area contributed by atoms with E-state index < -0.39 is 18.3 Å². The molecule has 0 bridgehead atoms. The summed E-state index contributed by atoms with van der Waals surface area (Å²) < 4.78 is 22.9. The molecule has 1 saturated heterocycles. The molecular formula is C20H31BO5. The zero-order valence-electron chi connectivity index (χ0n) is 16.8. The van der Waals surface area contributed by atoms with Crippen LogP contribution < -0.4 is 4.74 Å². The third kappa shape index (κ3) is 4.80. The van der Waals surface area contributed by atoms with Crippen molar-refractivity contribution in [1.29, 1.82) is 0 Å². The minimum absolute atomic E-state index is 0.198. The molecule has 144 valence electrons. The number of carbonyl (C=O) groups excluding carboxylic acids is 1. The second kappa shape index (κ2) is 8.44. The van der Waals surface area contributed by atoms with Gasteiger partial charge in [-0.2, -0.15) is 0 Å². The van der Waals surface area contributed by atoms with Crippen molar-refractivity contribution in [2.24, 2.45) is 0 Å². The molecule has 1 aromatic rings. The fourth-order valence-corrected chi connectivity index (χ4v) is 2.83. The van der Waals surface area contributed by atoms with Crippen LogP contribution in [-0.2, 0) is 18.8 Å². The summed E-state index contributed by atoms with van der Waals surface area (Å²) in [6, 6.07) is 7.81. The van der Waals surface area contributed by atoms with E-state index in [2.05, 4.69) is 6.92 Å². The highest BCUT2D eigenvalue weighted by Gasteiger charge is 2.54.